The molecule has 6 nitrogen and oxygen atoms in total. The molecule has 6 heteroatoms. The molecule has 0 radical (unpaired) electrons. The van der Waals surface area contributed by atoms with Gasteiger partial charge in [-0.15, -0.1) is 0 Å². The maximum atomic E-state index is 12.7. The van der Waals surface area contributed by atoms with Crippen molar-refractivity contribution in [3.63, 3.8) is 0 Å². The molecule has 2 N–H and O–H groups in total. The molecule has 25 heavy (non-hydrogen) atoms. The lowest BCUT2D eigenvalue weighted by atomic mass is 9.95. The third kappa shape index (κ3) is 4.12. The molecule has 1 aromatic rings. The fraction of sp³-hybridized carbons (Fsp3) is 0.579. The summed E-state index contributed by atoms with van der Waals surface area (Å²) >= 11 is 0. The lowest BCUT2D eigenvalue weighted by molar-refractivity contribution is -0.139. The number of rotatable bonds is 4. The fourth-order valence-electron chi connectivity index (χ4n) is 3.71. The molecular weight excluding hydrogens is 318 g/mol. The van der Waals surface area contributed by atoms with E-state index >= 15 is 0 Å². The van der Waals surface area contributed by atoms with E-state index < -0.39 is 0 Å². The zero-order valence-electron chi connectivity index (χ0n) is 14.8. The van der Waals surface area contributed by atoms with Crippen molar-refractivity contribution in [3.8, 4) is 5.75 Å². The summed E-state index contributed by atoms with van der Waals surface area (Å²) in [7, 11) is 1.64. The van der Waals surface area contributed by atoms with Crippen molar-refractivity contribution >= 4 is 11.8 Å². The smallest absolute Gasteiger partial charge is 0.242 e. The second-order valence-corrected chi connectivity index (χ2v) is 6.97. The molecule has 2 atom stereocenters. The van der Waals surface area contributed by atoms with Crippen molar-refractivity contribution in [1.82, 2.24) is 9.80 Å². The van der Waals surface area contributed by atoms with Crippen LogP contribution < -0.4 is 10.5 Å². The Bertz CT molecular complexity index is 617. The number of hydrogen-bond donors (Lipinski definition) is 1. The summed E-state index contributed by atoms with van der Waals surface area (Å²) in [6, 6.07) is 7.77. The molecule has 2 aliphatic heterocycles. The Hall–Kier alpha value is -2.08. The first-order chi connectivity index (χ1) is 12.1. The molecule has 2 aliphatic rings. The van der Waals surface area contributed by atoms with Crippen LogP contribution in [-0.4, -0.2) is 60.9 Å². The van der Waals surface area contributed by atoms with Crippen molar-refractivity contribution in [1.29, 1.82) is 0 Å². The minimum atomic E-state index is -0.0859. The van der Waals surface area contributed by atoms with E-state index in [1.807, 2.05) is 24.3 Å². The fourth-order valence-corrected chi connectivity index (χ4v) is 3.71. The maximum Gasteiger partial charge on any atom is 0.242 e. The van der Waals surface area contributed by atoms with E-state index in [9.17, 15) is 9.59 Å². The maximum absolute atomic E-state index is 12.7. The van der Waals surface area contributed by atoms with Crippen LogP contribution in [0.25, 0.3) is 0 Å². The molecule has 0 bridgehead atoms. The number of amides is 2. The zero-order valence-corrected chi connectivity index (χ0v) is 14.8. The van der Waals surface area contributed by atoms with Gasteiger partial charge in [-0.05, 0) is 30.5 Å². The highest BCUT2D eigenvalue weighted by atomic mass is 16.5. The zero-order chi connectivity index (χ0) is 17.8. The van der Waals surface area contributed by atoms with Crippen LogP contribution in [0.1, 0.15) is 37.2 Å². The summed E-state index contributed by atoms with van der Waals surface area (Å²) in [6.07, 6.45) is 3.52. The highest BCUT2D eigenvalue weighted by molar-refractivity contribution is 5.85. The van der Waals surface area contributed by atoms with E-state index in [4.69, 9.17) is 10.5 Å². The van der Waals surface area contributed by atoms with Crippen molar-refractivity contribution in [2.75, 3.05) is 33.3 Å². The molecule has 0 aromatic heterocycles. The van der Waals surface area contributed by atoms with Crippen LogP contribution in [0.4, 0.5) is 0 Å². The molecular formula is C19H27N3O3. The first-order valence-electron chi connectivity index (χ1n) is 9.03. The second-order valence-electron chi connectivity index (χ2n) is 6.97. The van der Waals surface area contributed by atoms with Gasteiger partial charge in [-0.3, -0.25) is 9.59 Å². The predicted octanol–water partition coefficient (Wildman–Crippen LogP) is 1.35. The summed E-state index contributed by atoms with van der Waals surface area (Å²) in [4.78, 5) is 28.3. The van der Waals surface area contributed by atoms with Crippen molar-refractivity contribution in [2.45, 2.75) is 37.6 Å². The van der Waals surface area contributed by atoms with Gasteiger partial charge in [0.25, 0.3) is 0 Å². The lowest BCUT2D eigenvalue weighted by Gasteiger charge is -2.24. The summed E-state index contributed by atoms with van der Waals surface area (Å²) < 4.78 is 5.19. The highest BCUT2D eigenvalue weighted by Gasteiger charge is 2.34. The topological polar surface area (TPSA) is 75.9 Å². The van der Waals surface area contributed by atoms with Crippen molar-refractivity contribution in [3.05, 3.63) is 29.8 Å². The Balaban J connectivity index is 1.61. The Kier molecular flexibility index (Phi) is 5.58. The Labute approximate surface area is 148 Å². The van der Waals surface area contributed by atoms with Crippen molar-refractivity contribution in [2.24, 2.45) is 5.73 Å². The molecule has 2 amide bonds. The number of methoxy groups -OCH3 is 1. The second kappa shape index (κ2) is 7.87. The van der Waals surface area contributed by atoms with Crippen molar-refractivity contribution < 1.29 is 14.3 Å². The summed E-state index contributed by atoms with van der Waals surface area (Å²) in [5.41, 5.74) is 7.41. The van der Waals surface area contributed by atoms with Crippen LogP contribution in [0, 0.1) is 0 Å². The Morgan fingerprint density at radius 1 is 1.20 bits per heavy atom. The number of benzene rings is 1. The standard InChI is InChI=1S/C19H27N3O3/c1-25-15-8-6-14(7-9-15)16-11-22(12-17(16)20)19(24)13-21-10-4-2-3-5-18(21)23/h6-9,16-17H,2-5,10-13,20H2,1H3/t16-,17+/m0/s1. The molecule has 2 fully saturated rings. The van der Waals surface area contributed by atoms with Gasteiger partial charge in [-0.25, -0.2) is 0 Å². The lowest BCUT2D eigenvalue weighted by Crippen LogP contribution is -2.42. The third-order valence-corrected chi connectivity index (χ3v) is 5.26. The summed E-state index contributed by atoms with van der Waals surface area (Å²) in [5, 5.41) is 0. The van der Waals surface area contributed by atoms with Gasteiger partial charge in [-0.1, -0.05) is 18.6 Å². The molecule has 1 aromatic carbocycles. The van der Waals surface area contributed by atoms with Gasteiger partial charge in [0.1, 0.15) is 5.75 Å². The molecule has 0 aliphatic carbocycles. The van der Waals surface area contributed by atoms with Gasteiger partial charge in [0, 0.05) is 38.0 Å². The minimum absolute atomic E-state index is 0.00158. The van der Waals surface area contributed by atoms with Gasteiger partial charge >= 0.3 is 0 Å². The number of nitrogens with zero attached hydrogens (tertiary/aromatic N) is 2. The molecule has 0 spiro atoms. The highest BCUT2D eigenvalue weighted by Crippen LogP contribution is 2.28. The molecule has 3 rings (SSSR count). The third-order valence-electron chi connectivity index (χ3n) is 5.26. The first kappa shape index (κ1) is 17.7. The Morgan fingerprint density at radius 3 is 2.68 bits per heavy atom. The monoisotopic (exact) mass is 345 g/mol. The van der Waals surface area contributed by atoms with Gasteiger partial charge in [-0.2, -0.15) is 0 Å². The van der Waals surface area contributed by atoms with E-state index in [0.717, 1.165) is 30.6 Å². The first-order valence-corrected chi connectivity index (χ1v) is 9.03. The number of likely N-dealkylation sites (tertiary alicyclic amines) is 2. The number of nitrogens with two attached hydrogens (primary N) is 1. The van der Waals surface area contributed by atoms with Crippen LogP contribution in [0.3, 0.4) is 0 Å². The summed E-state index contributed by atoms with van der Waals surface area (Å²) in [6.45, 7) is 2.01. The van der Waals surface area contributed by atoms with Crippen LogP contribution in [0.5, 0.6) is 5.75 Å². The number of ether oxygens (including phenoxy) is 1. The average Bonchev–Trinajstić information content (AvgIpc) is 2.90. The average molecular weight is 345 g/mol. The molecule has 2 heterocycles. The molecule has 0 unspecified atom stereocenters. The van der Waals surface area contributed by atoms with Crippen LogP contribution in [0.2, 0.25) is 0 Å². The van der Waals surface area contributed by atoms with E-state index in [0.29, 0.717) is 26.1 Å². The summed E-state index contributed by atoms with van der Waals surface area (Å²) in [5.74, 6) is 1.03. The molecule has 2 saturated heterocycles. The van der Waals surface area contributed by atoms with Crippen LogP contribution in [0.15, 0.2) is 24.3 Å². The number of carbonyl (C=O) groups is 2. The van der Waals surface area contributed by atoms with Gasteiger partial charge < -0.3 is 20.3 Å². The van der Waals surface area contributed by atoms with Gasteiger partial charge in [0.05, 0.1) is 13.7 Å². The number of hydrogen-bond acceptors (Lipinski definition) is 4. The predicted molar refractivity (Wildman–Crippen MR) is 95.3 cm³/mol. The number of carbonyl (C=O) groups excluding carboxylic acids is 2. The SMILES string of the molecule is COc1ccc([C@@H]2CN(C(=O)CN3CCCCCC3=O)C[C@H]2N)cc1. The molecule has 0 saturated carbocycles. The van der Waals surface area contributed by atoms with Crippen LogP contribution >= 0.6 is 0 Å². The van der Waals surface area contributed by atoms with E-state index in [2.05, 4.69) is 0 Å². The minimum Gasteiger partial charge on any atom is -0.497 e. The Morgan fingerprint density at radius 2 is 1.96 bits per heavy atom. The van der Waals surface area contributed by atoms with E-state index in [1.165, 1.54) is 0 Å². The van der Waals surface area contributed by atoms with Gasteiger partial charge in [0.15, 0.2) is 0 Å². The van der Waals surface area contributed by atoms with Crippen LogP contribution in [-0.2, 0) is 9.59 Å². The van der Waals surface area contributed by atoms with E-state index in [1.54, 1.807) is 16.9 Å². The normalized spacial score (nSPS) is 24.3. The largest absolute Gasteiger partial charge is 0.497 e. The quantitative estimate of drug-likeness (QED) is 0.894. The van der Waals surface area contributed by atoms with Gasteiger partial charge in [0.2, 0.25) is 11.8 Å². The molecule has 136 valence electrons. The van der Waals surface area contributed by atoms with E-state index in [-0.39, 0.29) is 30.3 Å².